The summed E-state index contributed by atoms with van der Waals surface area (Å²) in [6, 6.07) is 7.50. The van der Waals surface area contributed by atoms with Crippen molar-refractivity contribution in [3.05, 3.63) is 51.9 Å². The number of carbonyl (C=O) groups excluding carboxylic acids is 1. The summed E-state index contributed by atoms with van der Waals surface area (Å²) < 4.78 is 0.796. The van der Waals surface area contributed by atoms with Crippen molar-refractivity contribution in [3.63, 3.8) is 0 Å². The molecule has 0 bridgehead atoms. The predicted octanol–water partition coefficient (Wildman–Crippen LogP) is 3.31. The Hall–Kier alpha value is -1.79. The van der Waals surface area contributed by atoms with Crippen LogP contribution in [0.25, 0.3) is 0 Å². The molecule has 0 radical (unpaired) electrons. The number of pyridine rings is 2. The first-order valence-electron chi connectivity index (χ1n) is 8.69. The lowest BCUT2D eigenvalue weighted by Gasteiger charge is -2.22. The number of ketones is 1. The smallest absolute Gasteiger partial charge is 0.213 e. The molecule has 0 unspecified atom stereocenters. The Kier molecular flexibility index (Phi) is 5.81. The van der Waals surface area contributed by atoms with Crippen LogP contribution in [-0.4, -0.2) is 53.4 Å². The quantitative estimate of drug-likeness (QED) is 0.734. The fourth-order valence-electron chi connectivity index (χ4n) is 3.12. The Labute approximate surface area is 157 Å². The molecule has 0 saturated carbocycles. The number of rotatable bonds is 4. The highest BCUT2D eigenvalue weighted by molar-refractivity contribution is 9.10. The average Bonchev–Trinajstić information content (AvgIpc) is 2.89. The minimum absolute atomic E-state index is 0.0850. The molecule has 1 aliphatic heterocycles. The van der Waals surface area contributed by atoms with E-state index < -0.39 is 0 Å². The first-order valence-corrected chi connectivity index (χ1v) is 9.49. The van der Waals surface area contributed by atoms with Crippen LogP contribution in [0, 0.1) is 6.92 Å². The van der Waals surface area contributed by atoms with Crippen LogP contribution in [0.5, 0.6) is 0 Å². The molecule has 3 heterocycles. The molecule has 0 aromatic carbocycles. The van der Waals surface area contributed by atoms with Gasteiger partial charge in [0.2, 0.25) is 5.78 Å². The SMILES string of the molecule is CCN1CCCN(c2cccc(C(=O)c3cc(Br)cnc3C)n2)CC1. The van der Waals surface area contributed by atoms with E-state index in [1.54, 1.807) is 12.3 Å². The van der Waals surface area contributed by atoms with Crippen molar-refractivity contribution in [2.45, 2.75) is 20.3 Å². The first kappa shape index (κ1) is 18.0. The lowest BCUT2D eigenvalue weighted by atomic mass is 10.1. The summed E-state index contributed by atoms with van der Waals surface area (Å²) in [7, 11) is 0. The number of halogens is 1. The molecule has 2 aromatic heterocycles. The largest absolute Gasteiger partial charge is 0.355 e. The molecule has 2 aromatic rings. The van der Waals surface area contributed by atoms with Crippen LogP contribution in [0.2, 0.25) is 0 Å². The van der Waals surface area contributed by atoms with Crippen molar-refractivity contribution in [2.75, 3.05) is 37.6 Å². The van der Waals surface area contributed by atoms with E-state index in [0.717, 1.165) is 49.4 Å². The van der Waals surface area contributed by atoms with Crippen LogP contribution in [0.1, 0.15) is 35.1 Å². The summed E-state index contributed by atoms with van der Waals surface area (Å²) in [5.41, 5.74) is 1.78. The summed E-state index contributed by atoms with van der Waals surface area (Å²) >= 11 is 3.39. The highest BCUT2D eigenvalue weighted by Gasteiger charge is 2.18. The number of anilines is 1. The molecule has 0 N–H and O–H groups in total. The standard InChI is InChI=1S/C19H23BrN4O/c1-3-23-8-5-9-24(11-10-23)18-7-4-6-17(22-18)19(25)16-12-15(20)13-21-14(16)2/h4,6-7,12-13H,3,5,8-11H2,1-2H3. The van der Waals surface area contributed by atoms with E-state index in [0.29, 0.717) is 17.0 Å². The number of likely N-dealkylation sites (N-methyl/N-ethyl adjacent to an activating group) is 1. The number of hydrogen-bond acceptors (Lipinski definition) is 5. The molecule has 5 nitrogen and oxygen atoms in total. The van der Waals surface area contributed by atoms with Gasteiger partial charge in [-0.3, -0.25) is 9.78 Å². The van der Waals surface area contributed by atoms with Crippen LogP contribution in [0.4, 0.5) is 5.82 Å². The maximum Gasteiger partial charge on any atom is 0.213 e. The van der Waals surface area contributed by atoms with Gasteiger partial charge in [-0.1, -0.05) is 13.0 Å². The maximum atomic E-state index is 12.9. The maximum absolute atomic E-state index is 12.9. The van der Waals surface area contributed by atoms with Gasteiger partial charge in [0.15, 0.2) is 0 Å². The fraction of sp³-hybridized carbons (Fsp3) is 0.421. The van der Waals surface area contributed by atoms with Gasteiger partial charge in [0.25, 0.3) is 0 Å². The molecule has 25 heavy (non-hydrogen) atoms. The minimum Gasteiger partial charge on any atom is -0.355 e. The summed E-state index contributed by atoms with van der Waals surface area (Å²) in [6.07, 6.45) is 2.81. The summed E-state index contributed by atoms with van der Waals surface area (Å²) in [5.74, 6) is 0.794. The lowest BCUT2D eigenvalue weighted by molar-refractivity contribution is 0.103. The van der Waals surface area contributed by atoms with Gasteiger partial charge in [-0.2, -0.15) is 0 Å². The number of nitrogens with zero attached hydrogens (tertiary/aromatic N) is 4. The Balaban J connectivity index is 1.84. The van der Waals surface area contributed by atoms with E-state index in [4.69, 9.17) is 0 Å². The Bertz CT molecular complexity index is 765. The van der Waals surface area contributed by atoms with Crippen molar-refractivity contribution in [1.29, 1.82) is 0 Å². The van der Waals surface area contributed by atoms with Crippen molar-refractivity contribution >= 4 is 27.5 Å². The van der Waals surface area contributed by atoms with E-state index in [9.17, 15) is 4.79 Å². The van der Waals surface area contributed by atoms with Gasteiger partial charge >= 0.3 is 0 Å². The lowest BCUT2D eigenvalue weighted by Crippen LogP contribution is -2.31. The van der Waals surface area contributed by atoms with Crippen molar-refractivity contribution in [3.8, 4) is 0 Å². The van der Waals surface area contributed by atoms with Gasteiger partial charge in [0.05, 0.1) is 0 Å². The third kappa shape index (κ3) is 4.25. The Morgan fingerprint density at radius 2 is 2.08 bits per heavy atom. The van der Waals surface area contributed by atoms with Crippen molar-refractivity contribution in [2.24, 2.45) is 0 Å². The molecule has 0 aliphatic carbocycles. The van der Waals surface area contributed by atoms with Gasteiger partial charge in [0, 0.05) is 41.6 Å². The average molecular weight is 403 g/mol. The van der Waals surface area contributed by atoms with Gasteiger partial charge < -0.3 is 9.80 Å². The van der Waals surface area contributed by atoms with Crippen LogP contribution in [-0.2, 0) is 0 Å². The van der Waals surface area contributed by atoms with Crippen LogP contribution < -0.4 is 4.90 Å². The first-order chi connectivity index (χ1) is 12.1. The minimum atomic E-state index is -0.0850. The Morgan fingerprint density at radius 1 is 1.24 bits per heavy atom. The number of aromatic nitrogens is 2. The highest BCUT2D eigenvalue weighted by atomic mass is 79.9. The molecule has 1 fully saturated rings. The predicted molar refractivity (Wildman–Crippen MR) is 103 cm³/mol. The van der Waals surface area contributed by atoms with E-state index in [-0.39, 0.29) is 5.78 Å². The third-order valence-electron chi connectivity index (χ3n) is 4.62. The van der Waals surface area contributed by atoms with Gasteiger partial charge in [-0.15, -0.1) is 0 Å². The molecule has 1 aliphatic rings. The number of hydrogen-bond donors (Lipinski definition) is 0. The molecule has 3 rings (SSSR count). The van der Waals surface area contributed by atoms with E-state index in [2.05, 4.69) is 42.6 Å². The summed E-state index contributed by atoms with van der Waals surface area (Å²) in [5, 5.41) is 0. The van der Waals surface area contributed by atoms with Crippen LogP contribution in [0.15, 0.2) is 34.9 Å². The zero-order chi connectivity index (χ0) is 17.8. The molecule has 1 saturated heterocycles. The van der Waals surface area contributed by atoms with Gasteiger partial charge in [-0.25, -0.2) is 4.98 Å². The molecule has 0 amide bonds. The molecule has 0 spiro atoms. The van der Waals surface area contributed by atoms with Crippen LogP contribution in [0.3, 0.4) is 0 Å². The van der Waals surface area contributed by atoms with E-state index in [1.165, 1.54) is 0 Å². The molecule has 132 valence electrons. The fourth-order valence-corrected chi connectivity index (χ4v) is 3.45. The second-order valence-corrected chi connectivity index (χ2v) is 7.19. The highest BCUT2D eigenvalue weighted by Crippen LogP contribution is 2.19. The summed E-state index contributed by atoms with van der Waals surface area (Å²) in [4.78, 5) is 26.5. The van der Waals surface area contributed by atoms with Gasteiger partial charge in [-0.05, 0) is 60.6 Å². The van der Waals surface area contributed by atoms with E-state index >= 15 is 0 Å². The number of carbonyl (C=O) groups is 1. The number of aryl methyl sites for hydroxylation is 1. The van der Waals surface area contributed by atoms with E-state index in [1.807, 2.05) is 25.1 Å². The Morgan fingerprint density at radius 3 is 2.88 bits per heavy atom. The zero-order valence-electron chi connectivity index (χ0n) is 14.7. The molecular weight excluding hydrogens is 380 g/mol. The topological polar surface area (TPSA) is 49.3 Å². The van der Waals surface area contributed by atoms with Gasteiger partial charge in [0.1, 0.15) is 11.5 Å². The molecular formula is C19H23BrN4O. The monoisotopic (exact) mass is 402 g/mol. The second kappa shape index (κ2) is 8.06. The molecule has 0 atom stereocenters. The van der Waals surface area contributed by atoms with Crippen molar-refractivity contribution < 1.29 is 4.79 Å². The second-order valence-electron chi connectivity index (χ2n) is 6.27. The van der Waals surface area contributed by atoms with Crippen molar-refractivity contribution in [1.82, 2.24) is 14.9 Å². The normalized spacial score (nSPS) is 15.9. The molecule has 6 heteroatoms. The third-order valence-corrected chi connectivity index (χ3v) is 5.06. The summed E-state index contributed by atoms with van der Waals surface area (Å²) in [6.45, 7) is 9.18. The van der Waals surface area contributed by atoms with Crippen LogP contribution >= 0.6 is 15.9 Å². The zero-order valence-corrected chi connectivity index (χ0v) is 16.3.